The predicted molar refractivity (Wildman–Crippen MR) is 119 cm³/mol. The van der Waals surface area contributed by atoms with Gasteiger partial charge in [0, 0.05) is 18.0 Å². The van der Waals surface area contributed by atoms with E-state index in [0.717, 1.165) is 54.8 Å². The fraction of sp³-hybridized carbons (Fsp3) is 0.304. The summed E-state index contributed by atoms with van der Waals surface area (Å²) in [7, 11) is 0. The molecule has 1 aromatic heterocycles. The largest absolute Gasteiger partial charge is 0.360 e. The summed E-state index contributed by atoms with van der Waals surface area (Å²) >= 11 is 1.54. The Balaban J connectivity index is 1.41. The number of benzene rings is 2. The van der Waals surface area contributed by atoms with Crippen LogP contribution in [0.3, 0.4) is 0 Å². The van der Waals surface area contributed by atoms with Gasteiger partial charge >= 0.3 is 0 Å². The number of aryl methyl sites for hydroxylation is 1. The van der Waals surface area contributed by atoms with E-state index in [1.807, 2.05) is 31.2 Å². The van der Waals surface area contributed by atoms with Crippen LogP contribution in [-0.4, -0.2) is 37.1 Å². The predicted octanol–water partition coefficient (Wildman–Crippen LogP) is 3.04. The van der Waals surface area contributed by atoms with E-state index in [-0.39, 0.29) is 5.91 Å². The number of thiazole rings is 1. The zero-order chi connectivity index (χ0) is 20.2. The minimum absolute atomic E-state index is 0.0136. The Morgan fingerprint density at radius 1 is 1.14 bits per heavy atom. The number of nitrogens with zero attached hydrogens (tertiary/aromatic N) is 3. The quantitative estimate of drug-likeness (QED) is 0.707. The van der Waals surface area contributed by atoms with Crippen LogP contribution in [0.2, 0.25) is 0 Å². The number of aromatic nitrogens is 1. The van der Waals surface area contributed by atoms with E-state index >= 15 is 0 Å². The average Bonchev–Trinajstić information content (AvgIpc) is 3.17. The second-order valence-corrected chi connectivity index (χ2v) is 8.40. The molecule has 0 bridgehead atoms. The van der Waals surface area contributed by atoms with Crippen molar-refractivity contribution in [2.75, 3.05) is 36.0 Å². The number of hydrogen-bond acceptors (Lipinski definition) is 4. The molecule has 0 atom stereocenters. The van der Waals surface area contributed by atoms with Crippen molar-refractivity contribution in [2.24, 2.45) is 0 Å². The normalized spacial score (nSPS) is 14.8. The summed E-state index contributed by atoms with van der Waals surface area (Å²) in [6.45, 7) is 8.83. The number of carbonyl (C=O) groups is 1. The van der Waals surface area contributed by atoms with Gasteiger partial charge in [-0.05, 0) is 36.8 Å². The van der Waals surface area contributed by atoms with Crippen LogP contribution in [0.4, 0.5) is 16.5 Å². The van der Waals surface area contributed by atoms with Crippen molar-refractivity contribution in [3.05, 3.63) is 71.2 Å². The highest BCUT2D eigenvalue weighted by atomic mass is 32.1. The van der Waals surface area contributed by atoms with Crippen molar-refractivity contribution in [3.8, 4) is 0 Å². The minimum atomic E-state index is -0.0136. The third kappa shape index (κ3) is 4.66. The molecule has 0 aliphatic carbocycles. The number of quaternary nitrogens is 1. The van der Waals surface area contributed by atoms with Crippen LogP contribution in [0.5, 0.6) is 0 Å². The number of piperazine rings is 1. The van der Waals surface area contributed by atoms with E-state index in [1.165, 1.54) is 5.69 Å². The van der Waals surface area contributed by atoms with Crippen molar-refractivity contribution in [1.29, 1.82) is 0 Å². The highest BCUT2D eigenvalue weighted by molar-refractivity contribution is 7.14. The Labute approximate surface area is 176 Å². The number of hydrogen-bond donors (Lipinski definition) is 1. The van der Waals surface area contributed by atoms with Crippen LogP contribution in [0, 0.1) is 6.92 Å². The standard InChI is InChI=1S/C23H26N4OS/c1-18-7-6-10-22(15-18)27(19(2)28)23-24-20(17-29-23)16-25-11-13-26(14-12-25)21-8-4-3-5-9-21/h3-10,15,17H,11-14,16H2,1-2H3/p+1. The second-order valence-electron chi connectivity index (χ2n) is 7.56. The van der Waals surface area contributed by atoms with Crippen molar-refractivity contribution < 1.29 is 9.69 Å². The molecule has 1 N–H and O–H groups in total. The monoisotopic (exact) mass is 407 g/mol. The van der Waals surface area contributed by atoms with E-state index in [1.54, 1.807) is 28.1 Å². The molecule has 6 heteroatoms. The zero-order valence-electron chi connectivity index (χ0n) is 17.0. The average molecular weight is 408 g/mol. The summed E-state index contributed by atoms with van der Waals surface area (Å²) in [6, 6.07) is 18.6. The number of nitrogens with one attached hydrogen (secondary N) is 1. The van der Waals surface area contributed by atoms with Crippen LogP contribution in [0.15, 0.2) is 60.0 Å². The second kappa shape index (κ2) is 8.76. The molecule has 0 saturated carbocycles. The van der Waals surface area contributed by atoms with E-state index in [4.69, 9.17) is 4.98 Å². The number of para-hydroxylation sites is 1. The maximum absolute atomic E-state index is 12.3. The fourth-order valence-electron chi connectivity index (χ4n) is 3.83. The molecule has 2 heterocycles. The van der Waals surface area contributed by atoms with E-state index in [9.17, 15) is 4.79 Å². The summed E-state index contributed by atoms with van der Waals surface area (Å²) in [5.74, 6) is -0.0136. The van der Waals surface area contributed by atoms with Gasteiger partial charge in [0.05, 0.1) is 31.9 Å². The van der Waals surface area contributed by atoms with Gasteiger partial charge in [-0.1, -0.05) is 30.3 Å². The molecule has 1 aliphatic heterocycles. The molecule has 3 aromatic rings. The lowest BCUT2D eigenvalue weighted by Gasteiger charge is -2.33. The first-order chi connectivity index (χ1) is 14.1. The molecule has 0 spiro atoms. The van der Waals surface area contributed by atoms with Gasteiger partial charge < -0.3 is 9.80 Å². The molecular weight excluding hydrogens is 380 g/mol. The Bertz CT molecular complexity index is 964. The van der Waals surface area contributed by atoms with Crippen molar-refractivity contribution in [1.82, 2.24) is 4.98 Å². The lowest BCUT2D eigenvalue weighted by Crippen LogP contribution is -3.13. The number of carbonyl (C=O) groups excluding carboxylic acids is 1. The van der Waals surface area contributed by atoms with E-state index in [2.05, 4.69) is 40.6 Å². The van der Waals surface area contributed by atoms with Crippen LogP contribution < -0.4 is 14.7 Å². The van der Waals surface area contributed by atoms with Gasteiger partial charge in [0.15, 0.2) is 5.13 Å². The topological polar surface area (TPSA) is 40.9 Å². The SMILES string of the molecule is CC(=O)N(c1cccc(C)c1)c1nc(C[NH+]2CCN(c3ccccc3)CC2)cs1. The van der Waals surface area contributed by atoms with Gasteiger partial charge in [-0.3, -0.25) is 9.69 Å². The van der Waals surface area contributed by atoms with Gasteiger partial charge in [0.2, 0.25) is 5.91 Å². The molecule has 2 aromatic carbocycles. The van der Waals surface area contributed by atoms with Gasteiger partial charge in [-0.25, -0.2) is 4.98 Å². The molecule has 5 nitrogen and oxygen atoms in total. The number of amides is 1. The first kappa shape index (κ1) is 19.6. The van der Waals surface area contributed by atoms with E-state index in [0.29, 0.717) is 0 Å². The number of rotatable bonds is 5. The zero-order valence-corrected chi connectivity index (χ0v) is 17.8. The maximum Gasteiger partial charge on any atom is 0.230 e. The van der Waals surface area contributed by atoms with Crippen molar-refractivity contribution >= 4 is 33.8 Å². The molecule has 29 heavy (non-hydrogen) atoms. The molecule has 0 unspecified atom stereocenters. The summed E-state index contributed by atoms with van der Waals surface area (Å²) in [5, 5.41) is 2.85. The first-order valence-electron chi connectivity index (χ1n) is 10.1. The lowest BCUT2D eigenvalue weighted by atomic mass is 10.2. The fourth-order valence-corrected chi connectivity index (χ4v) is 4.71. The molecule has 1 aliphatic rings. The molecular formula is C23H27N4OS+. The summed E-state index contributed by atoms with van der Waals surface area (Å²) in [6.07, 6.45) is 0. The van der Waals surface area contributed by atoms with Gasteiger partial charge in [-0.2, -0.15) is 0 Å². The van der Waals surface area contributed by atoms with Crippen LogP contribution in [-0.2, 0) is 11.3 Å². The van der Waals surface area contributed by atoms with Crippen LogP contribution in [0.25, 0.3) is 0 Å². The van der Waals surface area contributed by atoms with Gasteiger partial charge in [0.25, 0.3) is 0 Å². The van der Waals surface area contributed by atoms with Crippen LogP contribution >= 0.6 is 11.3 Å². The molecule has 1 saturated heterocycles. The minimum Gasteiger partial charge on any atom is -0.360 e. The third-order valence-electron chi connectivity index (χ3n) is 5.33. The molecule has 4 rings (SSSR count). The lowest BCUT2D eigenvalue weighted by molar-refractivity contribution is -0.914. The molecule has 1 fully saturated rings. The Kier molecular flexibility index (Phi) is 5.92. The number of anilines is 3. The highest BCUT2D eigenvalue weighted by Crippen LogP contribution is 2.29. The maximum atomic E-state index is 12.3. The van der Waals surface area contributed by atoms with Gasteiger partial charge in [0.1, 0.15) is 12.2 Å². The van der Waals surface area contributed by atoms with Gasteiger partial charge in [-0.15, -0.1) is 11.3 Å². The smallest absolute Gasteiger partial charge is 0.230 e. The molecule has 150 valence electrons. The highest BCUT2D eigenvalue weighted by Gasteiger charge is 2.23. The summed E-state index contributed by atoms with van der Waals surface area (Å²) < 4.78 is 0. The van der Waals surface area contributed by atoms with Crippen molar-refractivity contribution in [2.45, 2.75) is 20.4 Å². The van der Waals surface area contributed by atoms with Crippen LogP contribution in [0.1, 0.15) is 18.2 Å². The van der Waals surface area contributed by atoms with E-state index < -0.39 is 0 Å². The molecule has 1 amide bonds. The summed E-state index contributed by atoms with van der Waals surface area (Å²) in [4.78, 5) is 22.8. The summed E-state index contributed by atoms with van der Waals surface area (Å²) in [5.41, 5.74) is 4.37. The van der Waals surface area contributed by atoms with Crippen molar-refractivity contribution in [3.63, 3.8) is 0 Å². The first-order valence-corrected chi connectivity index (χ1v) is 10.9. The Hall–Kier alpha value is -2.70. The Morgan fingerprint density at radius 3 is 2.59 bits per heavy atom. The third-order valence-corrected chi connectivity index (χ3v) is 6.20. The molecule has 0 radical (unpaired) electrons. The Morgan fingerprint density at radius 2 is 1.90 bits per heavy atom.